The summed E-state index contributed by atoms with van der Waals surface area (Å²) in [7, 11) is 0. The van der Waals surface area contributed by atoms with E-state index in [1.54, 1.807) is 17.8 Å². The highest BCUT2D eigenvalue weighted by molar-refractivity contribution is 9.10. The van der Waals surface area contributed by atoms with E-state index in [1.807, 2.05) is 0 Å². The molecule has 2 heterocycles. The van der Waals surface area contributed by atoms with Crippen molar-refractivity contribution in [1.29, 1.82) is 0 Å². The molecule has 1 aliphatic heterocycles. The lowest BCUT2D eigenvalue weighted by Crippen LogP contribution is -2.15. The van der Waals surface area contributed by atoms with Crippen molar-refractivity contribution in [2.75, 3.05) is 11.5 Å². The van der Waals surface area contributed by atoms with E-state index in [9.17, 15) is 9.50 Å². The normalized spacial score (nSPS) is 22.9. The summed E-state index contributed by atoms with van der Waals surface area (Å²) in [5, 5.41) is 13.6. The van der Waals surface area contributed by atoms with Crippen LogP contribution in [0, 0.1) is 5.82 Å². The highest BCUT2D eigenvalue weighted by atomic mass is 79.9. The number of thioether (sulfide) groups is 1. The lowest BCUT2D eigenvalue weighted by molar-refractivity contribution is 0.164. The molecule has 3 rings (SSSR count). The summed E-state index contributed by atoms with van der Waals surface area (Å²) in [5.41, 5.74) is 0.544. The van der Waals surface area contributed by atoms with Crippen LogP contribution in [-0.2, 0) is 0 Å². The van der Waals surface area contributed by atoms with Gasteiger partial charge in [-0.3, -0.25) is 0 Å². The number of rotatable bonds is 2. The highest BCUT2D eigenvalue weighted by Crippen LogP contribution is 2.33. The van der Waals surface area contributed by atoms with E-state index in [-0.39, 0.29) is 11.7 Å². The molecule has 0 spiro atoms. The van der Waals surface area contributed by atoms with Crippen LogP contribution >= 0.6 is 27.7 Å². The molecule has 100 valence electrons. The highest BCUT2D eigenvalue weighted by Gasteiger charge is 2.32. The molecule has 19 heavy (non-hydrogen) atoms. The average molecular weight is 345 g/mol. The van der Waals surface area contributed by atoms with Gasteiger partial charge in [-0.15, -0.1) is 0 Å². The van der Waals surface area contributed by atoms with Crippen molar-refractivity contribution in [3.8, 4) is 11.4 Å². The maximum atomic E-state index is 13.3. The predicted octanol–water partition coefficient (Wildman–Crippen LogP) is 2.83. The first-order valence-corrected chi connectivity index (χ1v) is 7.64. The van der Waals surface area contributed by atoms with Gasteiger partial charge in [-0.05, 0) is 18.2 Å². The molecule has 1 aromatic heterocycles. The van der Waals surface area contributed by atoms with Gasteiger partial charge in [-0.1, -0.05) is 21.1 Å². The zero-order chi connectivity index (χ0) is 13.4. The molecule has 0 amide bonds. The Morgan fingerprint density at radius 3 is 2.89 bits per heavy atom. The van der Waals surface area contributed by atoms with Gasteiger partial charge in [0.25, 0.3) is 0 Å². The first kappa shape index (κ1) is 13.1. The summed E-state index contributed by atoms with van der Waals surface area (Å²) in [4.78, 5) is 4.26. The number of hydrogen-bond acceptors (Lipinski definition) is 5. The molecule has 2 aromatic rings. The second-order valence-corrected chi connectivity index (χ2v) is 6.32. The Labute approximate surface area is 121 Å². The van der Waals surface area contributed by atoms with Gasteiger partial charge in [0.15, 0.2) is 0 Å². The van der Waals surface area contributed by atoms with Crippen molar-refractivity contribution in [3.05, 3.63) is 34.4 Å². The number of aromatic nitrogens is 2. The van der Waals surface area contributed by atoms with E-state index >= 15 is 0 Å². The molecule has 7 heteroatoms. The van der Waals surface area contributed by atoms with Gasteiger partial charge in [0.2, 0.25) is 11.7 Å². The molecule has 4 nitrogen and oxygen atoms in total. The van der Waals surface area contributed by atoms with Gasteiger partial charge in [-0.2, -0.15) is 16.7 Å². The summed E-state index contributed by atoms with van der Waals surface area (Å²) < 4.78 is 19.1. The maximum absolute atomic E-state index is 13.3. The zero-order valence-corrected chi connectivity index (χ0v) is 12.1. The first-order valence-electron chi connectivity index (χ1n) is 5.69. The first-order chi connectivity index (χ1) is 9.13. The molecule has 1 fully saturated rings. The molecule has 1 saturated heterocycles. The summed E-state index contributed by atoms with van der Waals surface area (Å²) in [5.74, 6) is 1.67. The molecule has 1 aromatic carbocycles. The van der Waals surface area contributed by atoms with E-state index in [0.29, 0.717) is 27.5 Å². The molecule has 1 N–H and O–H groups in total. The fraction of sp³-hybridized carbons (Fsp3) is 0.333. The summed E-state index contributed by atoms with van der Waals surface area (Å²) in [6.45, 7) is 0. The topological polar surface area (TPSA) is 59.2 Å². The molecule has 1 aliphatic rings. The molecule has 0 saturated carbocycles. The Hall–Kier alpha value is -0.920. The fourth-order valence-corrected chi connectivity index (χ4v) is 3.66. The van der Waals surface area contributed by atoms with Crippen LogP contribution < -0.4 is 0 Å². The molecular formula is C12H10BrFN2O2S. The Kier molecular flexibility index (Phi) is 3.60. The maximum Gasteiger partial charge on any atom is 0.233 e. The van der Waals surface area contributed by atoms with Crippen LogP contribution in [0.4, 0.5) is 4.39 Å². The number of aliphatic hydroxyl groups is 1. The van der Waals surface area contributed by atoms with E-state index in [1.165, 1.54) is 12.1 Å². The van der Waals surface area contributed by atoms with Gasteiger partial charge < -0.3 is 9.63 Å². The number of benzene rings is 1. The van der Waals surface area contributed by atoms with Crippen LogP contribution in [0.15, 0.2) is 27.2 Å². The second-order valence-electron chi connectivity index (χ2n) is 4.33. The Balaban J connectivity index is 1.92. The second kappa shape index (κ2) is 5.22. The molecular weight excluding hydrogens is 335 g/mol. The largest absolute Gasteiger partial charge is 0.391 e. The van der Waals surface area contributed by atoms with Gasteiger partial charge in [-0.25, -0.2) is 4.39 Å². The van der Waals surface area contributed by atoms with Crippen LogP contribution in [0.2, 0.25) is 0 Å². The molecule has 0 radical (unpaired) electrons. The Morgan fingerprint density at radius 2 is 2.21 bits per heavy atom. The van der Waals surface area contributed by atoms with E-state index in [0.717, 1.165) is 5.75 Å². The zero-order valence-electron chi connectivity index (χ0n) is 9.72. The molecule has 0 aliphatic carbocycles. The molecule has 2 atom stereocenters. The van der Waals surface area contributed by atoms with Crippen LogP contribution in [0.25, 0.3) is 11.4 Å². The van der Waals surface area contributed by atoms with Crippen LogP contribution in [-0.4, -0.2) is 32.9 Å². The minimum Gasteiger partial charge on any atom is -0.391 e. The lowest BCUT2D eigenvalue weighted by Gasteiger charge is -2.06. The molecule has 2 unspecified atom stereocenters. The Bertz CT molecular complexity index is 587. The number of nitrogens with zero attached hydrogens (tertiary/aromatic N) is 2. The van der Waals surface area contributed by atoms with Crippen molar-refractivity contribution in [3.63, 3.8) is 0 Å². The van der Waals surface area contributed by atoms with Gasteiger partial charge in [0.05, 0.1) is 12.0 Å². The Morgan fingerprint density at radius 1 is 1.37 bits per heavy atom. The molecule has 0 bridgehead atoms. The van der Waals surface area contributed by atoms with E-state index < -0.39 is 6.10 Å². The third-order valence-corrected chi connectivity index (χ3v) is 4.56. The third kappa shape index (κ3) is 2.68. The smallest absolute Gasteiger partial charge is 0.233 e. The summed E-state index contributed by atoms with van der Waals surface area (Å²) in [6, 6.07) is 4.43. The van der Waals surface area contributed by atoms with E-state index in [2.05, 4.69) is 26.1 Å². The number of halogens is 2. The van der Waals surface area contributed by atoms with Crippen molar-refractivity contribution in [1.82, 2.24) is 10.1 Å². The van der Waals surface area contributed by atoms with Gasteiger partial charge in [0.1, 0.15) is 5.82 Å². The number of hydrogen-bond donors (Lipinski definition) is 1. The fourth-order valence-electron chi connectivity index (χ4n) is 1.96. The summed E-state index contributed by atoms with van der Waals surface area (Å²) in [6.07, 6.45) is -0.461. The number of aliphatic hydroxyl groups excluding tert-OH is 1. The van der Waals surface area contributed by atoms with Crippen LogP contribution in [0.1, 0.15) is 11.8 Å². The summed E-state index contributed by atoms with van der Waals surface area (Å²) >= 11 is 4.87. The SMILES string of the molecule is OC1CSCC1c1nc(-c2cc(F)cc(Br)c2)no1. The van der Waals surface area contributed by atoms with Crippen molar-refractivity contribution >= 4 is 27.7 Å². The van der Waals surface area contributed by atoms with E-state index in [4.69, 9.17) is 4.52 Å². The van der Waals surface area contributed by atoms with Crippen LogP contribution in [0.5, 0.6) is 0 Å². The lowest BCUT2D eigenvalue weighted by atomic mass is 10.1. The minimum absolute atomic E-state index is 0.136. The predicted molar refractivity (Wildman–Crippen MR) is 73.5 cm³/mol. The van der Waals surface area contributed by atoms with Gasteiger partial charge >= 0.3 is 0 Å². The van der Waals surface area contributed by atoms with Crippen molar-refractivity contribution < 1.29 is 14.0 Å². The van der Waals surface area contributed by atoms with Crippen LogP contribution in [0.3, 0.4) is 0 Å². The standard InChI is InChI=1S/C12H10BrFN2O2S/c13-7-1-6(2-8(14)3-7)11-15-12(18-16-11)9-4-19-5-10(9)17/h1-3,9-10,17H,4-5H2. The van der Waals surface area contributed by atoms with Crippen molar-refractivity contribution in [2.24, 2.45) is 0 Å². The van der Waals surface area contributed by atoms with Crippen molar-refractivity contribution in [2.45, 2.75) is 12.0 Å². The minimum atomic E-state index is -0.461. The monoisotopic (exact) mass is 344 g/mol. The average Bonchev–Trinajstić information content (AvgIpc) is 2.95. The quantitative estimate of drug-likeness (QED) is 0.907. The van der Waals surface area contributed by atoms with Gasteiger partial charge in [0, 0.05) is 21.5 Å². The third-order valence-electron chi connectivity index (χ3n) is 2.93.